The number of aliphatic hydroxyl groups is 2. The van der Waals surface area contributed by atoms with Crippen molar-refractivity contribution in [3.8, 4) is 0 Å². The number of imidazole rings is 1. The Labute approximate surface area is 182 Å². The number of aryl methyl sites for hydroxylation is 1. The van der Waals surface area contributed by atoms with Gasteiger partial charge in [0.1, 0.15) is 12.2 Å². The number of H-pyrrole nitrogens is 1. The molecule has 0 aliphatic rings. The van der Waals surface area contributed by atoms with Gasteiger partial charge in [0.25, 0.3) is 5.65 Å². The lowest BCUT2D eigenvalue weighted by Gasteiger charge is -2.21. The second-order valence-electron chi connectivity index (χ2n) is 7.23. The minimum atomic E-state index is -1.73. The number of hydrogen-bond donors (Lipinski definition) is 3. The Kier molecular flexibility index (Phi) is 9.93. The molecule has 30 heavy (non-hydrogen) atoms. The Hall–Kier alpha value is -1.29. The van der Waals surface area contributed by atoms with Crippen LogP contribution >= 0.6 is 20.2 Å². The molecule has 0 saturated heterocycles. The van der Waals surface area contributed by atoms with Gasteiger partial charge in [-0.3, -0.25) is 9.55 Å². The number of hydrogen-bond acceptors (Lipinski definition) is 7. The molecule has 0 aliphatic carbocycles. The lowest BCUT2D eigenvalue weighted by molar-refractivity contribution is -0.751. The van der Waals surface area contributed by atoms with Crippen LogP contribution in [-0.4, -0.2) is 55.8 Å². The number of nitrogens with one attached hydrogen (secondary N) is 1. The average Bonchev–Trinajstić information content (AvgIpc) is 3.08. The Morgan fingerprint density at radius 1 is 1.33 bits per heavy atom. The zero-order valence-electron chi connectivity index (χ0n) is 18.0. The molecule has 9 nitrogen and oxygen atoms in total. The van der Waals surface area contributed by atoms with Gasteiger partial charge in [0, 0.05) is 6.42 Å². The molecule has 0 bridgehead atoms. The Morgan fingerprint density at radius 2 is 2.03 bits per heavy atom. The Morgan fingerprint density at radius 3 is 2.63 bits per heavy atom. The van der Waals surface area contributed by atoms with Gasteiger partial charge in [-0.25, -0.2) is 9.55 Å². The van der Waals surface area contributed by atoms with Crippen molar-refractivity contribution in [2.45, 2.75) is 70.5 Å². The van der Waals surface area contributed by atoms with E-state index in [1.165, 1.54) is 6.33 Å². The van der Waals surface area contributed by atoms with Gasteiger partial charge < -0.3 is 14.9 Å². The number of rotatable bonds is 13. The summed E-state index contributed by atoms with van der Waals surface area (Å²) in [6, 6.07) is 0. The van der Waals surface area contributed by atoms with Gasteiger partial charge in [-0.2, -0.15) is 0 Å². The van der Waals surface area contributed by atoms with E-state index in [0.29, 0.717) is 28.6 Å². The predicted molar refractivity (Wildman–Crippen MR) is 116 cm³/mol. The van der Waals surface area contributed by atoms with Gasteiger partial charge in [-0.05, 0) is 23.8 Å². The smallest absolute Gasteiger partial charge is 0.393 e. The third-order valence-electron chi connectivity index (χ3n) is 5.19. The molecule has 0 aliphatic heterocycles. The molecule has 168 valence electrons. The van der Waals surface area contributed by atoms with Crippen molar-refractivity contribution in [1.82, 2.24) is 14.5 Å². The van der Waals surface area contributed by atoms with E-state index in [2.05, 4.69) is 9.97 Å². The minimum Gasteiger partial charge on any atom is -0.393 e. The van der Waals surface area contributed by atoms with Crippen LogP contribution in [0.2, 0.25) is 0 Å². The molecule has 2 aromatic heterocycles. The highest BCUT2D eigenvalue weighted by Gasteiger charge is 2.33. The van der Waals surface area contributed by atoms with Crippen LogP contribution in [0.3, 0.4) is 0 Å². The van der Waals surface area contributed by atoms with Crippen molar-refractivity contribution in [3.63, 3.8) is 0 Å². The summed E-state index contributed by atoms with van der Waals surface area (Å²) in [5, 5.41) is 19.9. The van der Waals surface area contributed by atoms with Crippen molar-refractivity contribution in [3.05, 3.63) is 17.3 Å². The maximum atomic E-state index is 12.4. The molecule has 2 heterocycles. The topological polar surface area (TPSA) is 113 Å². The molecule has 0 spiro atoms. The first kappa shape index (κ1) is 25.0. The van der Waals surface area contributed by atoms with Crippen LogP contribution in [0, 0.1) is 4.64 Å². The van der Waals surface area contributed by atoms with Crippen LogP contribution in [0.15, 0.2) is 12.7 Å². The monoisotopic (exact) mass is 460 g/mol. The third-order valence-corrected chi connectivity index (χ3v) is 7.32. The van der Waals surface area contributed by atoms with Crippen LogP contribution in [0.25, 0.3) is 11.2 Å². The molecule has 2 aromatic rings. The standard InChI is InChI=1S/C19H32N4O5PS/c1-5-13(28-29(26)14(6-2)7-3)8-9-27-19(15(25)10-24)23-12-22(4)16-17(23)20-11-21-18(16)30/h11-15,19,24-25H,5-10H2,1-4H3/q+1/p+1/t13?,15-,19+/m1/s1. The molecule has 4 atom stereocenters. The molecule has 0 saturated carbocycles. The third kappa shape index (κ3) is 5.90. The number of ether oxygens (including phenoxy) is 1. The average molecular weight is 461 g/mol. The number of nitrogens with zero attached hydrogens (tertiary/aromatic N) is 3. The number of aromatic nitrogens is 4. The lowest BCUT2D eigenvalue weighted by atomic mass is 10.2. The van der Waals surface area contributed by atoms with Crippen LogP contribution in [0.4, 0.5) is 0 Å². The van der Waals surface area contributed by atoms with Crippen molar-refractivity contribution in [2.24, 2.45) is 7.05 Å². The molecule has 0 radical (unpaired) electrons. The molecular weight excluding hydrogens is 427 g/mol. The highest BCUT2D eigenvalue weighted by Crippen LogP contribution is 2.36. The van der Waals surface area contributed by atoms with Crippen molar-refractivity contribution in [1.29, 1.82) is 0 Å². The van der Waals surface area contributed by atoms with Gasteiger partial charge in [0.2, 0.25) is 11.7 Å². The van der Waals surface area contributed by atoms with Crippen molar-refractivity contribution < 1.29 is 28.6 Å². The highest BCUT2D eigenvalue weighted by molar-refractivity contribution is 7.71. The first-order valence-corrected chi connectivity index (χ1v) is 12.0. The SMILES string of the molecule is CCC(CCO[C@@H]([C@H](O)CO)[n+]1cn(C)c2c(=S)nc[nH]c21)O[P+](=O)C(CC)CC. The van der Waals surface area contributed by atoms with Crippen LogP contribution in [0.5, 0.6) is 0 Å². The molecule has 11 heteroatoms. The van der Waals surface area contributed by atoms with Gasteiger partial charge >= 0.3 is 8.03 Å². The Bertz CT molecular complexity index is 885. The van der Waals surface area contributed by atoms with E-state index in [9.17, 15) is 14.8 Å². The maximum absolute atomic E-state index is 12.4. The van der Waals surface area contributed by atoms with Gasteiger partial charge in [-0.15, -0.1) is 4.52 Å². The van der Waals surface area contributed by atoms with E-state index in [1.54, 1.807) is 15.5 Å². The molecule has 2 unspecified atom stereocenters. The summed E-state index contributed by atoms with van der Waals surface area (Å²) in [6.45, 7) is 5.80. The van der Waals surface area contributed by atoms with Crippen molar-refractivity contribution in [2.75, 3.05) is 13.2 Å². The van der Waals surface area contributed by atoms with E-state index in [0.717, 1.165) is 12.8 Å². The molecule has 0 amide bonds. The van der Waals surface area contributed by atoms with E-state index in [-0.39, 0.29) is 18.4 Å². The highest BCUT2D eigenvalue weighted by atomic mass is 32.1. The molecule has 3 N–H and O–H groups in total. The largest absolute Gasteiger partial charge is 0.511 e. The molecular formula is C19H33N4O5PS+2. The van der Waals surface area contributed by atoms with E-state index in [1.807, 2.05) is 27.8 Å². The van der Waals surface area contributed by atoms with Gasteiger partial charge in [0.05, 0.1) is 20.3 Å². The fourth-order valence-corrected chi connectivity index (χ4v) is 4.94. The molecule has 0 aromatic carbocycles. The minimum absolute atomic E-state index is 0.0573. The Balaban J connectivity index is 2.12. The maximum Gasteiger partial charge on any atom is 0.511 e. The summed E-state index contributed by atoms with van der Waals surface area (Å²) >= 11 is 5.29. The van der Waals surface area contributed by atoms with Gasteiger partial charge in [-0.1, -0.05) is 33.0 Å². The number of aliphatic hydroxyl groups excluding tert-OH is 2. The summed E-state index contributed by atoms with van der Waals surface area (Å²) in [6.07, 6.45) is 3.91. The van der Waals surface area contributed by atoms with Crippen LogP contribution in [-0.2, 0) is 20.9 Å². The lowest BCUT2D eigenvalue weighted by Crippen LogP contribution is -2.48. The summed E-state index contributed by atoms with van der Waals surface area (Å²) in [7, 11) is 0.0898. The van der Waals surface area contributed by atoms with Gasteiger partial charge in [0.15, 0.2) is 23.0 Å². The second-order valence-corrected chi connectivity index (χ2v) is 9.13. The molecule has 2 rings (SSSR count). The van der Waals surface area contributed by atoms with Crippen LogP contribution < -0.4 is 4.57 Å². The van der Waals surface area contributed by atoms with Crippen LogP contribution in [0.1, 0.15) is 52.7 Å². The first-order chi connectivity index (χ1) is 14.4. The number of fused-ring (bicyclic) bond motifs is 1. The van der Waals surface area contributed by atoms with E-state index >= 15 is 0 Å². The fourth-order valence-electron chi connectivity index (χ4n) is 3.33. The first-order valence-electron chi connectivity index (χ1n) is 10.3. The predicted octanol–water partition coefficient (Wildman–Crippen LogP) is 2.90. The van der Waals surface area contributed by atoms with E-state index in [4.69, 9.17) is 21.5 Å². The number of aromatic amines is 1. The normalized spacial score (nSPS) is 15.5. The summed E-state index contributed by atoms with van der Waals surface area (Å²) in [5.74, 6) is 0. The zero-order valence-corrected chi connectivity index (χ0v) is 19.7. The second kappa shape index (κ2) is 11.9. The summed E-state index contributed by atoms with van der Waals surface area (Å²) in [4.78, 5) is 7.12. The molecule has 0 fully saturated rings. The summed E-state index contributed by atoms with van der Waals surface area (Å²) < 4.78 is 28.1. The quantitative estimate of drug-likeness (QED) is 0.239. The summed E-state index contributed by atoms with van der Waals surface area (Å²) in [5.41, 5.74) is 1.39. The van der Waals surface area contributed by atoms with E-state index < -0.39 is 27.0 Å². The fraction of sp³-hybridized carbons (Fsp3) is 0.737. The van der Waals surface area contributed by atoms with Crippen molar-refractivity contribution >= 4 is 31.4 Å². The zero-order chi connectivity index (χ0) is 22.3.